The van der Waals surface area contributed by atoms with E-state index in [1.165, 1.54) is 4.90 Å². The predicted octanol–water partition coefficient (Wildman–Crippen LogP) is 5.12. The maximum Gasteiger partial charge on any atom is 0.264 e. The van der Waals surface area contributed by atoms with E-state index in [0.717, 1.165) is 21.0 Å². The molecule has 0 saturated carbocycles. The van der Waals surface area contributed by atoms with Crippen LogP contribution in [0, 0.1) is 19.8 Å². The average molecular weight is 564 g/mol. The van der Waals surface area contributed by atoms with E-state index < -0.39 is 28.5 Å². The molecule has 3 rings (SSSR count). The fourth-order valence-corrected chi connectivity index (χ4v) is 5.87. The number of sulfonamides is 1. The van der Waals surface area contributed by atoms with E-state index in [9.17, 15) is 18.0 Å². The van der Waals surface area contributed by atoms with Crippen LogP contribution in [0.3, 0.4) is 0 Å². The highest BCUT2D eigenvalue weighted by Crippen LogP contribution is 2.25. The lowest BCUT2D eigenvalue weighted by Gasteiger charge is -2.33. The van der Waals surface area contributed by atoms with Gasteiger partial charge in [-0.1, -0.05) is 80.9 Å². The van der Waals surface area contributed by atoms with Crippen LogP contribution in [0.2, 0.25) is 0 Å². The summed E-state index contributed by atoms with van der Waals surface area (Å²) in [6.45, 7) is 9.99. The van der Waals surface area contributed by atoms with E-state index in [1.54, 1.807) is 42.5 Å². The number of benzene rings is 3. The molecule has 214 valence electrons. The summed E-state index contributed by atoms with van der Waals surface area (Å²) in [6.07, 6.45) is 0.940. The third-order valence-corrected chi connectivity index (χ3v) is 8.52. The van der Waals surface area contributed by atoms with Crippen molar-refractivity contribution in [2.75, 3.05) is 23.9 Å². The molecule has 0 fully saturated rings. The van der Waals surface area contributed by atoms with Crippen molar-refractivity contribution in [1.29, 1.82) is 0 Å². The second kappa shape index (κ2) is 14.1. The summed E-state index contributed by atoms with van der Waals surface area (Å²) in [4.78, 5) is 28.9. The molecule has 0 spiro atoms. The average Bonchev–Trinajstić information content (AvgIpc) is 2.93. The van der Waals surface area contributed by atoms with Gasteiger partial charge in [-0.25, -0.2) is 8.42 Å². The highest BCUT2D eigenvalue weighted by Gasteiger charge is 2.33. The molecule has 40 heavy (non-hydrogen) atoms. The van der Waals surface area contributed by atoms with Gasteiger partial charge in [0.25, 0.3) is 10.0 Å². The fraction of sp³-hybridized carbons (Fsp3) is 0.375. The zero-order valence-corrected chi connectivity index (χ0v) is 24.9. The van der Waals surface area contributed by atoms with Crippen LogP contribution in [0.1, 0.15) is 43.9 Å². The van der Waals surface area contributed by atoms with Gasteiger partial charge in [-0.15, -0.1) is 0 Å². The molecule has 2 amide bonds. The van der Waals surface area contributed by atoms with Gasteiger partial charge >= 0.3 is 0 Å². The second-order valence-corrected chi connectivity index (χ2v) is 12.4. The Balaban J connectivity index is 1.99. The van der Waals surface area contributed by atoms with Gasteiger partial charge in [0.1, 0.15) is 12.6 Å². The van der Waals surface area contributed by atoms with E-state index in [2.05, 4.69) is 5.32 Å². The Morgan fingerprint density at radius 2 is 1.55 bits per heavy atom. The Kier molecular flexibility index (Phi) is 10.9. The van der Waals surface area contributed by atoms with Crippen LogP contribution in [0.5, 0.6) is 0 Å². The molecule has 3 aromatic carbocycles. The Morgan fingerprint density at radius 1 is 0.875 bits per heavy atom. The van der Waals surface area contributed by atoms with Gasteiger partial charge in [-0.3, -0.25) is 13.9 Å². The molecular formula is C32H41N3O4S. The Labute approximate surface area is 239 Å². The van der Waals surface area contributed by atoms with Gasteiger partial charge in [-0.05, 0) is 68.0 Å². The Morgan fingerprint density at radius 3 is 2.15 bits per heavy atom. The van der Waals surface area contributed by atoms with Gasteiger partial charge in [0, 0.05) is 13.1 Å². The number of carbonyl (C=O) groups excluding carboxylic acids is 2. The van der Waals surface area contributed by atoms with Crippen molar-refractivity contribution in [3.63, 3.8) is 0 Å². The zero-order chi connectivity index (χ0) is 29.3. The summed E-state index contributed by atoms with van der Waals surface area (Å²) in [6, 6.07) is 22.7. The minimum atomic E-state index is -4.07. The smallest absolute Gasteiger partial charge is 0.264 e. The third-order valence-electron chi connectivity index (χ3n) is 6.73. The highest BCUT2D eigenvalue weighted by atomic mass is 32.2. The van der Waals surface area contributed by atoms with Crippen LogP contribution < -0.4 is 9.62 Å². The third kappa shape index (κ3) is 8.18. The number of amides is 2. The molecule has 0 radical (unpaired) electrons. The molecule has 1 N–H and O–H groups in total. The van der Waals surface area contributed by atoms with Crippen molar-refractivity contribution in [2.45, 2.75) is 58.4 Å². The molecule has 0 heterocycles. The van der Waals surface area contributed by atoms with Crippen molar-refractivity contribution in [2.24, 2.45) is 5.92 Å². The molecule has 0 aliphatic rings. The molecule has 0 saturated heterocycles. The lowest BCUT2D eigenvalue weighted by atomic mass is 10.1. The Hall–Kier alpha value is -3.65. The molecule has 3 aromatic rings. The number of nitrogens with zero attached hydrogens (tertiary/aromatic N) is 2. The van der Waals surface area contributed by atoms with Crippen molar-refractivity contribution >= 4 is 27.5 Å². The summed E-state index contributed by atoms with van der Waals surface area (Å²) in [5.41, 5.74) is 3.23. The lowest BCUT2D eigenvalue weighted by molar-refractivity contribution is -0.139. The number of hydrogen-bond donors (Lipinski definition) is 1. The zero-order valence-electron chi connectivity index (χ0n) is 24.1. The monoisotopic (exact) mass is 563 g/mol. The normalized spacial score (nSPS) is 12.2. The molecule has 1 unspecified atom stereocenters. The second-order valence-electron chi connectivity index (χ2n) is 10.5. The van der Waals surface area contributed by atoms with Crippen molar-refractivity contribution in [3.05, 3.63) is 95.6 Å². The van der Waals surface area contributed by atoms with E-state index >= 15 is 0 Å². The maximum atomic E-state index is 14.0. The van der Waals surface area contributed by atoms with Crippen LogP contribution in [-0.4, -0.2) is 50.8 Å². The predicted molar refractivity (Wildman–Crippen MR) is 161 cm³/mol. The number of nitrogens with one attached hydrogen (secondary N) is 1. The van der Waals surface area contributed by atoms with E-state index in [0.29, 0.717) is 25.1 Å². The molecular weight excluding hydrogens is 522 g/mol. The first kappa shape index (κ1) is 30.9. The molecule has 0 bridgehead atoms. The van der Waals surface area contributed by atoms with Gasteiger partial charge in [-0.2, -0.15) is 0 Å². The molecule has 0 aliphatic carbocycles. The first-order chi connectivity index (χ1) is 19.0. The van der Waals surface area contributed by atoms with E-state index in [-0.39, 0.29) is 23.3 Å². The lowest BCUT2D eigenvalue weighted by Crippen LogP contribution is -2.53. The molecule has 7 nitrogen and oxygen atoms in total. The minimum absolute atomic E-state index is 0.102. The number of carbonyl (C=O) groups is 2. The van der Waals surface area contributed by atoms with Crippen molar-refractivity contribution in [1.82, 2.24) is 10.2 Å². The molecule has 0 aliphatic heterocycles. The number of hydrogen-bond acceptors (Lipinski definition) is 4. The standard InChI is InChI=1S/C32H41N3O4S/c1-6-30(32(37)33-22-24(2)3)34(20-19-27-12-8-7-9-13-27)31(36)23-35(28-14-10-11-26(5)21-28)40(38,39)29-17-15-25(4)16-18-29/h7-18,21,24,30H,6,19-20,22-23H2,1-5H3,(H,33,37). The SMILES string of the molecule is CCC(C(=O)NCC(C)C)N(CCc1ccccc1)C(=O)CN(c1cccc(C)c1)S(=O)(=O)c1ccc(C)cc1. The first-order valence-electron chi connectivity index (χ1n) is 13.8. The summed E-state index contributed by atoms with van der Waals surface area (Å²) >= 11 is 0. The minimum Gasteiger partial charge on any atom is -0.354 e. The van der Waals surface area contributed by atoms with Crippen LogP contribution >= 0.6 is 0 Å². The molecule has 0 aromatic heterocycles. The van der Waals surface area contributed by atoms with Crippen LogP contribution in [0.25, 0.3) is 0 Å². The largest absolute Gasteiger partial charge is 0.354 e. The van der Waals surface area contributed by atoms with Gasteiger partial charge < -0.3 is 10.2 Å². The van der Waals surface area contributed by atoms with Crippen LogP contribution in [-0.2, 0) is 26.0 Å². The van der Waals surface area contributed by atoms with Crippen molar-refractivity contribution < 1.29 is 18.0 Å². The van der Waals surface area contributed by atoms with Gasteiger partial charge in [0.2, 0.25) is 11.8 Å². The quantitative estimate of drug-likeness (QED) is 0.313. The van der Waals surface area contributed by atoms with Crippen LogP contribution in [0.4, 0.5) is 5.69 Å². The summed E-state index contributed by atoms with van der Waals surface area (Å²) in [5, 5.41) is 2.96. The van der Waals surface area contributed by atoms with E-state index in [1.807, 2.05) is 71.0 Å². The molecule has 1 atom stereocenters. The fourth-order valence-electron chi connectivity index (χ4n) is 4.47. The number of rotatable bonds is 13. The Bertz CT molecular complexity index is 1370. The molecule has 8 heteroatoms. The van der Waals surface area contributed by atoms with Gasteiger partial charge in [0.15, 0.2) is 0 Å². The maximum absolute atomic E-state index is 14.0. The van der Waals surface area contributed by atoms with E-state index in [4.69, 9.17) is 0 Å². The number of anilines is 1. The summed E-state index contributed by atoms with van der Waals surface area (Å²) < 4.78 is 29.0. The summed E-state index contributed by atoms with van der Waals surface area (Å²) in [5.74, 6) is -0.410. The first-order valence-corrected chi connectivity index (χ1v) is 15.2. The number of aryl methyl sites for hydroxylation is 2. The van der Waals surface area contributed by atoms with Crippen molar-refractivity contribution in [3.8, 4) is 0 Å². The highest BCUT2D eigenvalue weighted by molar-refractivity contribution is 7.92. The topological polar surface area (TPSA) is 86.8 Å². The van der Waals surface area contributed by atoms with Crippen LogP contribution in [0.15, 0.2) is 83.8 Å². The van der Waals surface area contributed by atoms with Gasteiger partial charge in [0.05, 0.1) is 10.6 Å². The summed E-state index contributed by atoms with van der Waals surface area (Å²) in [7, 11) is -4.07.